The molecule has 1 heteroatoms. The van der Waals surface area contributed by atoms with Crippen LogP contribution in [0.2, 0.25) is 0 Å². The monoisotopic (exact) mass is 81.1 g/mol. The Hall–Kier alpha value is -0.300. The van der Waals surface area contributed by atoms with E-state index in [0.717, 1.165) is 6.04 Å². The van der Waals surface area contributed by atoms with E-state index in [9.17, 15) is 0 Å². The van der Waals surface area contributed by atoms with Crippen molar-refractivity contribution >= 4 is 0 Å². The molecular weight excluding hydrogens is 74.1 g/mol. The zero-order valence-corrected chi connectivity index (χ0v) is 3.59. The highest BCUT2D eigenvalue weighted by molar-refractivity contribution is 5.14. The molecule has 0 N–H and O–H groups in total. The Morgan fingerprint density at radius 1 is 1.67 bits per heavy atom. The van der Waals surface area contributed by atoms with Gasteiger partial charge in [0.15, 0.2) is 0 Å². The Labute approximate surface area is 37.3 Å². The number of hydrogen-bond donors (Lipinski definition) is 0. The van der Waals surface area contributed by atoms with Crippen LogP contribution in [-0.2, 0) is 0 Å². The lowest BCUT2D eigenvalue weighted by molar-refractivity contribution is 0.622. The summed E-state index contributed by atoms with van der Waals surface area (Å²) in [4.78, 5) is 2.42. The molecule has 0 aromatic heterocycles. The van der Waals surface area contributed by atoms with Crippen molar-refractivity contribution in [3.05, 3.63) is 12.2 Å². The Morgan fingerprint density at radius 2 is 2.67 bits per heavy atom. The fourth-order valence-electron chi connectivity index (χ4n) is 0.939. The van der Waals surface area contributed by atoms with Crippen LogP contribution in [0, 0.1) is 0 Å². The Kier molecular flexibility index (Phi) is 0.320. The van der Waals surface area contributed by atoms with Gasteiger partial charge in [-0.1, -0.05) is 12.2 Å². The first-order valence-corrected chi connectivity index (χ1v) is 2.37. The third-order valence-corrected chi connectivity index (χ3v) is 1.46. The predicted octanol–water partition coefficient (Wildman–Crippen LogP) is 0.240. The van der Waals surface area contributed by atoms with Gasteiger partial charge in [-0.05, 0) is 0 Å². The molecule has 2 heterocycles. The maximum absolute atomic E-state index is 2.42. The van der Waals surface area contributed by atoms with E-state index < -0.39 is 0 Å². The van der Waals surface area contributed by atoms with Gasteiger partial charge >= 0.3 is 0 Å². The summed E-state index contributed by atoms with van der Waals surface area (Å²) >= 11 is 0. The zero-order chi connectivity index (χ0) is 3.98. The second-order valence-corrected chi connectivity index (χ2v) is 1.95. The van der Waals surface area contributed by atoms with Gasteiger partial charge in [0.25, 0.3) is 0 Å². The summed E-state index contributed by atoms with van der Waals surface area (Å²) in [6, 6.07) is 0.866. The lowest BCUT2D eigenvalue weighted by atomic mass is 10.4. The first-order chi connectivity index (χ1) is 2.97. The minimum atomic E-state index is 0.866. The van der Waals surface area contributed by atoms with Crippen LogP contribution in [0.15, 0.2) is 12.2 Å². The van der Waals surface area contributed by atoms with E-state index in [1.54, 1.807) is 0 Å². The van der Waals surface area contributed by atoms with E-state index in [1.165, 1.54) is 13.1 Å². The molecule has 1 nitrogen and oxygen atoms in total. The van der Waals surface area contributed by atoms with E-state index in [-0.39, 0.29) is 0 Å². The topological polar surface area (TPSA) is 3.01 Å². The fourth-order valence-corrected chi connectivity index (χ4v) is 0.939. The van der Waals surface area contributed by atoms with Crippen molar-refractivity contribution in [1.82, 2.24) is 4.90 Å². The molecule has 0 aliphatic carbocycles. The third-order valence-electron chi connectivity index (χ3n) is 1.46. The van der Waals surface area contributed by atoms with Crippen LogP contribution in [0.1, 0.15) is 0 Å². The smallest absolute Gasteiger partial charge is 0.0410 e. The lowest BCUT2D eigenvalue weighted by Gasteiger charge is -1.80. The third kappa shape index (κ3) is 0.197. The summed E-state index contributed by atoms with van der Waals surface area (Å²) < 4.78 is 0. The minimum absolute atomic E-state index is 0.866. The average molecular weight is 81.1 g/mol. The molecule has 1 fully saturated rings. The maximum atomic E-state index is 2.42. The van der Waals surface area contributed by atoms with Crippen molar-refractivity contribution in [2.24, 2.45) is 0 Å². The number of rotatable bonds is 0. The highest BCUT2D eigenvalue weighted by Gasteiger charge is 2.33. The van der Waals surface area contributed by atoms with Crippen molar-refractivity contribution in [3.8, 4) is 0 Å². The summed E-state index contributed by atoms with van der Waals surface area (Å²) in [5, 5.41) is 0. The van der Waals surface area contributed by atoms with Gasteiger partial charge in [0, 0.05) is 19.1 Å². The van der Waals surface area contributed by atoms with Crippen molar-refractivity contribution in [1.29, 1.82) is 0 Å². The molecule has 2 aliphatic rings. The van der Waals surface area contributed by atoms with Gasteiger partial charge in [0.05, 0.1) is 0 Å². The molecule has 32 valence electrons. The fraction of sp³-hybridized carbons (Fsp3) is 0.600. The molecule has 0 spiro atoms. The minimum Gasteiger partial charge on any atom is -0.290 e. The molecule has 0 radical (unpaired) electrons. The maximum Gasteiger partial charge on any atom is 0.0410 e. The van der Waals surface area contributed by atoms with Crippen LogP contribution >= 0.6 is 0 Å². The van der Waals surface area contributed by atoms with E-state index in [2.05, 4.69) is 17.1 Å². The molecule has 2 rings (SSSR count). The Bertz CT molecular complexity index is 96.1. The first-order valence-electron chi connectivity index (χ1n) is 2.37. The molecule has 1 saturated heterocycles. The second kappa shape index (κ2) is 0.684. The molecule has 0 aromatic carbocycles. The van der Waals surface area contributed by atoms with Crippen molar-refractivity contribution in [2.45, 2.75) is 6.04 Å². The van der Waals surface area contributed by atoms with Gasteiger partial charge in [0.1, 0.15) is 0 Å². The van der Waals surface area contributed by atoms with Crippen LogP contribution in [0.3, 0.4) is 0 Å². The van der Waals surface area contributed by atoms with Gasteiger partial charge in [-0.15, -0.1) is 0 Å². The molecule has 0 saturated carbocycles. The molecule has 2 aliphatic heterocycles. The SMILES string of the molecule is C1=CC2C[N@@]2C1. The number of hydrogen-bond acceptors (Lipinski definition) is 1. The zero-order valence-electron chi connectivity index (χ0n) is 3.59. The summed E-state index contributed by atoms with van der Waals surface area (Å²) in [6.07, 6.45) is 4.51. The number of fused-ring (bicyclic) bond motifs is 1. The van der Waals surface area contributed by atoms with Gasteiger partial charge in [-0.3, -0.25) is 4.90 Å². The quantitative estimate of drug-likeness (QED) is 0.298. The van der Waals surface area contributed by atoms with Crippen LogP contribution in [0.25, 0.3) is 0 Å². The van der Waals surface area contributed by atoms with E-state index >= 15 is 0 Å². The van der Waals surface area contributed by atoms with Crippen molar-refractivity contribution in [2.75, 3.05) is 13.1 Å². The predicted molar refractivity (Wildman–Crippen MR) is 24.5 cm³/mol. The second-order valence-electron chi connectivity index (χ2n) is 1.95. The normalized spacial score (nSPS) is 49.3. The Morgan fingerprint density at radius 3 is 2.83 bits per heavy atom. The molecule has 2 atom stereocenters. The summed E-state index contributed by atoms with van der Waals surface area (Å²) in [6.45, 7) is 2.54. The average Bonchev–Trinajstić information content (AvgIpc) is 2.17. The van der Waals surface area contributed by atoms with Crippen LogP contribution < -0.4 is 0 Å². The largest absolute Gasteiger partial charge is 0.290 e. The summed E-state index contributed by atoms with van der Waals surface area (Å²) in [7, 11) is 0. The number of nitrogens with zero attached hydrogens (tertiary/aromatic N) is 1. The van der Waals surface area contributed by atoms with Gasteiger partial charge in [-0.2, -0.15) is 0 Å². The summed E-state index contributed by atoms with van der Waals surface area (Å²) in [5.74, 6) is 0. The van der Waals surface area contributed by atoms with E-state index in [4.69, 9.17) is 0 Å². The Balaban J connectivity index is 2.26. The highest BCUT2D eigenvalue weighted by Crippen LogP contribution is 2.22. The van der Waals surface area contributed by atoms with Crippen molar-refractivity contribution < 1.29 is 0 Å². The molecule has 0 amide bonds. The van der Waals surface area contributed by atoms with E-state index in [1.807, 2.05) is 0 Å². The van der Waals surface area contributed by atoms with Gasteiger partial charge in [0.2, 0.25) is 0 Å². The van der Waals surface area contributed by atoms with Gasteiger partial charge < -0.3 is 0 Å². The molecule has 0 aromatic rings. The van der Waals surface area contributed by atoms with Gasteiger partial charge in [-0.25, -0.2) is 0 Å². The van der Waals surface area contributed by atoms with E-state index in [0.29, 0.717) is 0 Å². The first kappa shape index (κ1) is 2.80. The molecule has 0 bridgehead atoms. The van der Waals surface area contributed by atoms with Crippen LogP contribution in [0.5, 0.6) is 0 Å². The van der Waals surface area contributed by atoms with Crippen LogP contribution in [-0.4, -0.2) is 24.0 Å². The highest BCUT2D eigenvalue weighted by atomic mass is 15.3. The summed E-state index contributed by atoms with van der Waals surface area (Å²) in [5.41, 5.74) is 0. The standard InChI is InChI=1S/C5H7N/c1-2-5-4-6(5)3-1/h1-2,5H,3-4H2/t5?,6-/m1/s1. The molecule has 1 unspecified atom stereocenters. The van der Waals surface area contributed by atoms with Crippen molar-refractivity contribution in [3.63, 3.8) is 0 Å². The molecule has 6 heavy (non-hydrogen) atoms. The van der Waals surface area contributed by atoms with Crippen LogP contribution in [0.4, 0.5) is 0 Å². The molecular formula is C5H7N. The lowest BCUT2D eigenvalue weighted by Crippen LogP contribution is -1.90.